The molecule has 4 N–H and O–H groups in total. The van der Waals surface area contributed by atoms with Gasteiger partial charge in [-0.15, -0.1) is 0 Å². The molecule has 0 saturated carbocycles. The number of benzene rings is 1. The Balaban J connectivity index is 2.27. The van der Waals surface area contributed by atoms with E-state index in [1.807, 2.05) is 6.92 Å². The lowest BCUT2D eigenvalue weighted by Gasteiger charge is -2.12. The smallest absolute Gasteiger partial charge is 0.145 e. The lowest BCUT2D eigenvalue weighted by Crippen LogP contribution is -2.10. The summed E-state index contributed by atoms with van der Waals surface area (Å²) in [5.41, 5.74) is 15.3. The number of rotatable bonds is 4. The minimum atomic E-state index is -0.0889. The van der Waals surface area contributed by atoms with Crippen LogP contribution in [-0.4, -0.2) is 9.97 Å². The molecule has 0 aliphatic carbocycles. The van der Waals surface area contributed by atoms with Gasteiger partial charge in [0.25, 0.3) is 0 Å². The lowest BCUT2D eigenvalue weighted by molar-refractivity contribution is 0.865. The quantitative estimate of drug-likeness (QED) is 0.757. The third kappa shape index (κ3) is 3.67. The highest BCUT2D eigenvalue weighted by Crippen LogP contribution is 2.24. The molecule has 0 amide bonds. The Hall–Kier alpha value is -1.75. The summed E-state index contributed by atoms with van der Waals surface area (Å²) < 4.78 is 0. The largest absolute Gasteiger partial charge is 0.383 e. The Morgan fingerprint density at radius 1 is 1.00 bits per heavy atom. The van der Waals surface area contributed by atoms with Crippen molar-refractivity contribution in [1.82, 2.24) is 9.97 Å². The third-order valence-electron chi connectivity index (χ3n) is 3.49. The van der Waals surface area contributed by atoms with Crippen LogP contribution in [0.5, 0.6) is 0 Å². The summed E-state index contributed by atoms with van der Waals surface area (Å²) in [5.74, 6) is 1.96. The number of hydrogen-bond donors (Lipinski definition) is 3. The molecule has 0 aliphatic rings. The topological polar surface area (TPSA) is 77.8 Å². The third-order valence-corrected chi connectivity index (χ3v) is 3.72. The van der Waals surface area contributed by atoms with Crippen molar-refractivity contribution < 1.29 is 0 Å². The van der Waals surface area contributed by atoms with Crippen LogP contribution in [0.3, 0.4) is 0 Å². The number of nitrogens with zero attached hydrogens (tertiary/aromatic N) is 2. The van der Waals surface area contributed by atoms with Crippen LogP contribution >= 0.6 is 12.6 Å². The molecular formula is C16H22N4S. The maximum absolute atomic E-state index is 6.02. The van der Waals surface area contributed by atoms with Gasteiger partial charge in [0.05, 0.1) is 5.25 Å². The number of nitrogen functional groups attached to an aromatic ring is 2. The Morgan fingerprint density at radius 2 is 1.52 bits per heavy atom. The Labute approximate surface area is 131 Å². The van der Waals surface area contributed by atoms with Gasteiger partial charge in [-0.2, -0.15) is 12.6 Å². The summed E-state index contributed by atoms with van der Waals surface area (Å²) in [5, 5.41) is -0.0889. The maximum atomic E-state index is 6.02. The molecule has 1 unspecified atom stereocenters. The molecule has 1 aromatic heterocycles. The second-order valence-corrected chi connectivity index (χ2v) is 6.35. The first-order valence-corrected chi connectivity index (χ1v) is 7.58. The molecule has 0 radical (unpaired) electrons. The fourth-order valence-electron chi connectivity index (χ4n) is 2.13. The van der Waals surface area contributed by atoms with Crippen molar-refractivity contribution in [1.29, 1.82) is 0 Å². The lowest BCUT2D eigenvalue weighted by atomic mass is 9.99. The molecule has 0 aliphatic heterocycles. The van der Waals surface area contributed by atoms with E-state index in [2.05, 4.69) is 60.7 Å². The van der Waals surface area contributed by atoms with E-state index >= 15 is 0 Å². The second-order valence-electron chi connectivity index (χ2n) is 5.58. The highest BCUT2D eigenvalue weighted by atomic mass is 32.1. The summed E-state index contributed by atoms with van der Waals surface area (Å²) in [6.07, 6.45) is 0.636. The van der Waals surface area contributed by atoms with E-state index in [-0.39, 0.29) is 5.25 Å². The van der Waals surface area contributed by atoms with Gasteiger partial charge in [-0.25, -0.2) is 9.97 Å². The average Bonchev–Trinajstić information content (AvgIpc) is 2.43. The van der Waals surface area contributed by atoms with Crippen molar-refractivity contribution in [3.8, 4) is 0 Å². The molecule has 5 heteroatoms. The molecule has 1 atom stereocenters. The Morgan fingerprint density at radius 3 is 1.95 bits per heavy atom. The maximum Gasteiger partial charge on any atom is 0.145 e. The van der Waals surface area contributed by atoms with E-state index in [0.717, 1.165) is 11.1 Å². The van der Waals surface area contributed by atoms with Crippen LogP contribution < -0.4 is 11.5 Å². The van der Waals surface area contributed by atoms with E-state index in [1.54, 1.807) is 0 Å². The van der Waals surface area contributed by atoms with Crippen molar-refractivity contribution in [3.05, 3.63) is 46.8 Å². The van der Waals surface area contributed by atoms with Gasteiger partial charge in [-0.3, -0.25) is 0 Å². The van der Waals surface area contributed by atoms with E-state index in [9.17, 15) is 0 Å². The average molecular weight is 302 g/mol. The molecular weight excluding hydrogens is 280 g/mol. The van der Waals surface area contributed by atoms with Gasteiger partial charge < -0.3 is 11.5 Å². The monoisotopic (exact) mass is 302 g/mol. The summed E-state index contributed by atoms with van der Waals surface area (Å²) in [6.45, 7) is 6.24. The molecule has 1 heterocycles. The van der Waals surface area contributed by atoms with Crippen LogP contribution in [0.15, 0.2) is 24.3 Å². The van der Waals surface area contributed by atoms with Crippen LogP contribution in [0.1, 0.15) is 54.5 Å². The normalized spacial score (nSPS) is 12.6. The Kier molecular flexibility index (Phi) is 4.73. The second kappa shape index (κ2) is 6.35. The molecule has 0 fully saturated rings. The van der Waals surface area contributed by atoms with Gasteiger partial charge in [0.2, 0.25) is 0 Å². The Bertz CT molecular complexity index is 598. The summed E-state index contributed by atoms with van der Waals surface area (Å²) in [4.78, 5) is 8.57. The van der Waals surface area contributed by atoms with Crippen LogP contribution in [-0.2, 0) is 6.42 Å². The predicted molar refractivity (Wildman–Crippen MR) is 91.6 cm³/mol. The zero-order valence-corrected chi connectivity index (χ0v) is 13.6. The summed E-state index contributed by atoms with van der Waals surface area (Å²) >= 11 is 4.31. The van der Waals surface area contributed by atoms with Crippen molar-refractivity contribution in [2.75, 3.05) is 11.5 Å². The van der Waals surface area contributed by atoms with E-state index < -0.39 is 0 Å². The van der Waals surface area contributed by atoms with Gasteiger partial charge in [-0.1, -0.05) is 38.1 Å². The highest BCUT2D eigenvalue weighted by molar-refractivity contribution is 7.80. The van der Waals surface area contributed by atoms with Gasteiger partial charge in [0.15, 0.2) is 0 Å². The number of anilines is 2. The van der Waals surface area contributed by atoms with E-state index in [0.29, 0.717) is 29.8 Å². The number of hydrogen-bond acceptors (Lipinski definition) is 5. The van der Waals surface area contributed by atoms with Crippen molar-refractivity contribution in [2.45, 2.75) is 38.4 Å². The van der Waals surface area contributed by atoms with Gasteiger partial charge in [-0.05, 0) is 24.0 Å². The van der Waals surface area contributed by atoms with Crippen molar-refractivity contribution in [3.63, 3.8) is 0 Å². The van der Waals surface area contributed by atoms with E-state index in [1.165, 1.54) is 5.56 Å². The molecule has 21 heavy (non-hydrogen) atoms. The fourth-order valence-corrected chi connectivity index (χ4v) is 2.25. The molecule has 0 spiro atoms. The SMILES string of the molecule is CC(C)c1ccc(Cc2c(N)nc(C(C)S)nc2N)cc1. The van der Waals surface area contributed by atoms with Crippen LogP contribution in [0, 0.1) is 0 Å². The first-order valence-electron chi connectivity index (χ1n) is 7.07. The molecule has 0 saturated heterocycles. The standard InChI is InChI=1S/C16H22N4S/c1-9(2)12-6-4-11(5-7-12)8-13-14(17)19-16(10(3)21)20-15(13)18/h4-7,9-10,21H,8H2,1-3H3,(H4,17,18,19,20). The minimum absolute atomic E-state index is 0.0889. The van der Waals surface area contributed by atoms with Gasteiger partial charge in [0, 0.05) is 12.0 Å². The predicted octanol–water partition coefficient (Wildman–Crippen LogP) is 3.35. The van der Waals surface area contributed by atoms with Crippen LogP contribution in [0.2, 0.25) is 0 Å². The zero-order chi connectivity index (χ0) is 15.6. The molecule has 4 nitrogen and oxygen atoms in total. The molecule has 0 bridgehead atoms. The molecule has 2 rings (SSSR count). The molecule has 112 valence electrons. The molecule has 2 aromatic rings. The number of thiol groups is 1. The highest BCUT2D eigenvalue weighted by Gasteiger charge is 2.13. The first kappa shape index (κ1) is 15.6. The van der Waals surface area contributed by atoms with Crippen molar-refractivity contribution >= 4 is 24.3 Å². The zero-order valence-electron chi connectivity index (χ0n) is 12.7. The fraction of sp³-hybridized carbons (Fsp3) is 0.375. The van der Waals surface area contributed by atoms with Crippen molar-refractivity contribution in [2.24, 2.45) is 0 Å². The number of aromatic nitrogens is 2. The molecule has 1 aromatic carbocycles. The van der Waals surface area contributed by atoms with Gasteiger partial charge >= 0.3 is 0 Å². The number of nitrogens with two attached hydrogens (primary N) is 2. The van der Waals surface area contributed by atoms with Crippen LogP contribution in [0.25, 0.3) is 0 Å². The summed E-state index contributed by atoms with van der Waals surface area (Å²) in [6, 6.07) is 8.47. The first-order chi connectivity index (χ1) is 9.88. The van der Waals surface area contributed by atoms with E-state index in [4.69, 9.17) is 11.5 Å². The summed E-state index contributed by atoms with van der Waals surface area (Å²) in [7, 11) is 0. The van der Waals surface area contributed by atoms with Crippen LogP contribution in [0.4, 0.5) is 11.6 Å². The van der Waals surface area contributed by atoms with Gasteiger partial charge in [0.1, 0.15) is 17.5 Å². The minimum Gasteiger partial charge on any atom is -0.383 e.